The molecule has 0 unspecified atom stereocenters. The van der Waals surface area contributed by atoms with E-state index in [4.69, 9.17) is 0 Å². The molecule has 1 heterocycles. The summed E-state index contributed by atoms with van der Waals surface area (Å²) >= 11 is 0. The van der Waals surface area contributed by atoms with E-state index < -0.39 is 0 Å². The van der Waals surface area contributed by atoms with E-state index >= 15 is 0 Å². The van der Waals surface area contributed by atoms with Gasteiger partial charge < -0.3 is 4.90 Å². The van der Waals surface area contributed by atoms with E-state index in [2.05, 4.69) is 23.2 Å². The lowest BCUT2D eigenvalue weighted by atomic mass is 10.2. The molecule has 1 saturated heterocycles. The molecule has 0 spiro atoms. The van der Waals surface area contributed by atoms with E-state index in [9.17, 15) is 0 Å². The van der Waals surface area contributed by atoms with Gasteiger partial charge in [0.2, 0.25) is 0 Å². The van der Waals surface area contributed by atoms with Gasteiger partial charge in [-0.3, -0.25) is 4.99 Å². The third kappa shape index (κ3) is 3.74. The molecule has 2 heteroatoms. The van der Waals surface area contributed by atoms with Crippen LogP contribution < -0.4 is 0 Å². The first-order chi connectivity index (χ1) is 5.93. The van der Waals surface area contributed by atoms with Crippen molar-refractivity contribution in [2.24, 2.45) is 4.99 Å². The Labute approximate surface area is 75.7 Å². The molecule has 1 rings (SSSR count). The predicted octanol–water partition coefficient (Wildman–Crippen LogP) is 2.30. The molecule has 1 aliphatic rings. The van der Waals surface area contributed by atoms with Crippen molar-refractivity contribution in [2.75, 3.05) is 19.6 Å². The Bertz CT molecular complexity index is 124. The van der Waals surface area contributed by atoms with Crippen LogP contribution in [0.3, 0.4) is 0 Å². The van der Waals surface area contributed by atoms with Gasteiger partial charge in [-0.05, 0) is 19.3 Å². The summed E-state index contributed by atoms with van der Waals surface area (Å²) in [6.07, 6.45) is 8.70. The SMILES string of the molecule is CCCN=CN1CCCCCC1. The minimum Gasteiger partial charge on any atom is -0.363 e. The van der Waals surface area contributed by atoms with Crippen LogP contribution in [0.4, 0.5) is 0 Å². The summed E-state index contributed by atoms with van der Waals surface area (Å²) in [7, 11) is 0. The molecule has 2 nitrogen and oxygen atoms in total. The Balaban J connectivity index is 2.19. The molecule has 0 aromatic rings. The van der Waals surface area contributed by atoms with Crippen LogP contribution in [0.5, 0.6) is 0 Å². The Morgan fingerprint density at radius 3 is 2.42 bits per heavy atom. The van der Waals surface area contributed by atoms with Crippen LogP contribution in [0.15, 0.2) is 4.99 Å². The Morgan fingerprint density at radius 1 is 1.17 bits per heavy atom. The average Bonchev–Trinajstić information content (AvgIpc) is 2.33. The highest BCUT2D eigenvalue weighted by molar-refractivity contribution is 5.54. The predicted molar refractivity (Wildman–Crippen MR) is 53.7 cm³/mol. The van der Waals surface area contributed by atoms with Gasteiger partial charge in [-0.15, -0.1) is 0 Å². The molecular weight excluding hydrogens is 148 g/mol. The Morgan fingerprint density at radius 2 is 1.83 bits per heavy atom. The molecule has 1 fully saturated rings. The zero-order valence-corrected chi connectivity index (χ0v) is 8.13. The van der Waals surface area contributed by atoms with Crippen LogP contribution in [-0.4, -0.2) is 30.9 Å². The van der Waals surface area contributed by atoms with E-state index in [1.807, 2.05) is 0 Å². The molecule has 0 amide bonds. The number of nitrogens with zero attached hydrogens (tertiary/aromatic N) is 2. The van der Waals surface area contributed by atoms with Crippen molar-refractivity contribution in [1.29, 1.82) is 0 Å². The molecule has 0 N–H and O–H groups in total. The molecule has 0 bridgehead atoms. The molecule has 0 aromatic heterocycles. The maximum absolute atomic E-state index is 4.36. The second-order valence-electron chi connectivity index (χ2n) is 3.47. The molecule has 0 atom stereocenters. The maximum atomic E-state index is 4.36. The fourth-order valence-electron chi connectivity index (χ4n) is 1.51. The summed E-state index contributed by atoms with van der Waals surface area (Å²) in [5.74, 6) is 0. The molecule has 1 aliphatic heterocycles. The van der Waals surface area contributed by atoms with E-state index in [1.54, 1.807) is 0 Å². The molecule has 0 aliphatic carbocycles. The van der Waals surface area contributed by atoms with Gasteiger partial charge in [0, 0.05) is 19.6 Å². The quantitative estimate of drug-likeness (QED) is 0.466. The first-order valence-electron chi connectivity index (χ1n) is 5.17. The summed E-state index contributed by atoms with van der Waals surface area (Å²) in [5, 5.41) is 0. The van der Waals surface area contributed by atoms with Gasteiger partial charge in [0.15, 0.2) is 0 Å². The standard InChI is InChI=1S/C10H20N2/c1-2-7-11-10-12-8-5-3-4-6-9-12/h10H,2-9H2,1H3. The van der Waals surface area contributed by atoms with Crippen LogP contribution in [-0.2, 0) is 0 Å². The van der Waals surface area contributed by atoms with Crippen LogP contribution in [0.25, 0.3) is 0 Å². The third-order valence-electron chi connectivity index (χ3n) is 2.24. The van der Waals surface area contributed by atoms with Crippen molar-refractivity contribution in [1.82, 2.24) is 4.90 Å². The van der Waals surface area contributed by atoms with E-state index in [0.717, 1.165) is 13.0 Å². The Kier molecular flexibility index (Phi) is 4.81. The van der Waals surface area contributed by atoms with E-state index in [1.165, 1.54) is 38.8 Å². The van der Waals surface area contributed by atoms with Gasteiger partial charge >= 0.3 is 0 Å². The monoisotopic (exact) mass is 168 g/mol. The van der Waals surface area contributed by atoms with Crippen molar-refractivity contribution >= 4 is 6.34 Å². The summed E-state index contributed by atoms with van der Waals surface area (Å²) in [5.41, 5.74) is 0. The number of hydrogen-bond donors (Lipinski definition) is 0. The largest absolute Gasteiger partial charge is 0.363 e. The first kappa shape index (κ1) is 9.56. The van der Waals surface area contributed by atoms with Gasteiger partial charge in [-0.1, -0.05) is 19.8 Å². The molecule has 0 saturated carbocycles. The zero-order valence-electron chi connectivity index (χ0n) is 8.13. The lowest BCUT2D eigenvalue weighted by Gasteiger charge is -2.15. The van der Waals surface area contributed by atoms with Crippen LogP contribution in [0.1, 0.15) is 39.0 Å². The minimum atomic E-state index is 0.983. The molecule has 12 heavy (non-hydrogen) atoms. The smallest absolute Gasteiger partial charge is 0.0849 e. The van der Waals surface area contributed by atoms with Crippen molar-refractivity contribution in [3.05, 3.63) is 0 Å². The summed E-state index contributed by atoms with van der Waals surface area (Å²) in [6, 6.07) is 0. The van der Waals surface area contributed by atoms with Crippen molar-refractivity contribution < 1.29 is 0 Å². The topological polar surface area (TPSA) is 15.6 Å². The van der Waals surface area contributed by atoms with Gasteiger partial charge in [-0.25, -0.2) is 0 Å². The highest BCUT2D eigenvalue weighted by atomic mass is 15.1. The van der Waals surface area contributed by atoms with Crippen LogP contribution >= 0.6 is 0 Å². The maximum Gasteiger partial charge on any atom is 0.0849 e. The number of hydrogen-bond acceptors (Lipinski definition) is 1. The minimum absolute atomic E-state index is 0.983. The lowest BCUT2D eigenvalue weighted by molar-refractivity contribution is 0.446. The average molecular weight is 168 g/mol. The Hall–Kier alpha value is -0.530. The second kappa shape index (κ2) is 6.04. The van der Waals surface area contributed by atoms with Gasteiger partial charge in [0.05, 0.1) is 6.34 Å². The molecular formula is C10H20N2. The highest BCUT2D eigenvalue weighted by Gasteiger charge is 2.03. The summed E-state index contributed by atoms with van der Waals surface area (Å²) < 4.78 is 0. The molecule has 0 radical (unpaired) electrons. The van der Waals surface area contributed by atoms with Crippen LogP contribution in [0, 0.1) is 0 Å². The number of likely N-dealkylation sites (tertiary alicyclic amines) is 1. The lowest BCUT2D eigenvalue weighted by Crippen LogP contribution is -2.22. The first-order valence-corrected chi connectivity index (χ1v) is 5.17. The van der Waals surface area contributed by atoms with E-state index in [0.29, 0.717) is 0 Å². The second-order valence-corrected chi connectivity index (χ2v) is 3.47. The van der Waals surface area contributed by atoms with Crippen molar-refractivity contribution in [3.63, 3.8) is 0 Å². The summed E-state index contributed by atoms with van der Waals surface area (Å²) in [6.45, 7) is 5.58. The van der Waals surface area contributed by atoms with Crippen molar-refractivity contribution in [2.45, 2.75) is 39.0 Å². The molecule has 0 aromatic carbocycles. The van der Waals surface area contributed by atoms with Crippen molar-refractivity contribution in [3.8, 4) is 0 Å². The van der Waals surface area contributed by atoms with Gasteiger partial charge in [0.25, 0.3) is 0 Å². The van der Waals surface area contributed by atoms with Crippen LogP contribution in [0.2, 0.25) is 0 Å². The van der Waals surface area contributed by atoms with Gasteiger partial charge in [0.1, 0.15) is 0 Å². The number of aliphatic imine (C=N–C) groups is 1. The zero-order chi connectivity index (χ0) is 8.65. The van der Waals surface area contributed by atoms with Gasteiger partial charge in [-0.2, -0.15) is 0 Å². The molecule has 70 valence electrons. The fraction of sp³-hybridized carbons (Fsp3) is 0.900. The fourth-order valence-corrected chi connectivity index (χ4v) is 1.51. The number of rotatable bonds is 3. The summed E-state index contributed by atoms with van der Waals surface area (Å²) in [4.78, 5) is 6.72. The normalized spacial score (nSPS) is 19.9. The van der Waals surface area contributed by atoms with E-state index in [-0.39, 0.29) is 0 Å². The third-order valence-corrected chi connectivity index (χ3v) is 2.24. The highest BCUT2D eigenvalue weighted by Crippen LogP contribution is 2.07.